The summed E-state index contributed by atoms with van der Waals surface area (Å²) in [5, 5.41) is 0. The van der Waals surface area contributed by atoms with E-state index < -0.39 is 0 Å². The van der Waals surface area contributed by atoms with E-state index in [2.05, 4.69) is 16.9 Å². The van der Waals surface area contributed by atoms with Crippen LogP contribution in [0.4, 0.5) is 0 Å². The van der Waals surface area contributed by atoms with Crippen molar-refractivity contribution in [1.82, 2.24) is 19.8 Å². The fraction of sp³-hybridized carbons (Fsp3) is 0.400. The van der Waals surface area contributed by atoms with Crippen molar-refractivity contribution in [2.24, 2.45) is 5.92 Å². The molecule has 0 unspecified atom stereocenters. The second-order valence-corrected chi connectivity index (χ2v) is 6.74. The molecule has 2 aromatic heterocycles. The minimum Gasteiger partial charge on any atom is -0.340 e. The van der Waals surface area contributed by atoms with Crippen LogP contribution in [0.2, 0.25) is 0 Å². The molecule has 0 radical (unpaired) electrons. The first kappa shape index (κ1) is 18.0. The summed E-state index contributed by atoms with van der Waals surface area (Å²) in [4.78, 5) is 36.9. The quantitative estimate of drug-likeness (QED) is 0.798. The van der Waals surface area contributed by atoms with Crippen LogP contribution in [-0.4, -0.2) is 45.2 Å². The molecule has 6 nitrogen and oxygen atoms in total. The second-order valence-electron chi connectivity index (χ2n) is 6.74. The SMILES string of the molecule is CCc1ccc(CN(C)C(=O)[C@H]2CC(=O)N(Cc3cccnc3)C2)nc1. The van der Waals surface area contributed by atoms with Gasteiger partial charge in [0.05, 0.1) is 18.2 Å². The van der Waals surface area contributed by atoms with Crippen LogP contribution >= 0.6 is 0 Å². The Morgan fingerprint density at radius 2 is 2.12 bits per heavy atom. The average Bonchev–Trinajstić information content (AvgIpc) is 3.03. The highest BCUT2D eigenvalue weighted by atomic mass is 16.2. The largest absolute Gasteiger partial charge is 0.340 e. The van der Waals surface area contributed by atoms with Gasteiger partial charge in [-0.1, -0.05) is 19.1 Å². The fourth-order valence-corrected chi connectivity index (χ4v) is 3.19. The van der Waals surface area contributed by atoms with Gasteiger partial charge in [0, 0.05) is 45.1 Å². The third-order valence-electron chi connectivity index (χ3n) is 4.73. The topological polar surface area (TPSA) is 66.4 Å². The monoisotopic (exact) mass is 352 g/mol. The Labute approximate surface area is 153 Å². The van der Waals surface area contributed by atoms with Crippen LogP contribution in [0.15, 0.2) is 42.9 Å². The first-order valence-corrected chi connectivity index (χ1v) is 8.92. The predicted molar refractivity (Wildman–Crippen MR) is 97.9 cm³/mol. The van der Waals surface area contributed by atoms with E-state index in [1.807, 2.05) is 30.5 Å². The number of likely N-dealkylation sites (tertiary alicyclic amines) is 1. The lowest BCUT2D eigenvalue weighted by Crippen LogP contribution is -2.34. The van der Waals surface area contributed by atoms with Crippen LogP contribution in [0.1, 0.15) is 30.2 Å². The van der Waals surface area contributed by atoms with Gasteiger partial charge in [-0.2, -0.15) is 0 Å². The van der Waals surface area contributed by atoms with Crippen molar-refractivity contribution in [3.8, 4) is 0 Å². The summed E-state index contributed by atoms with van der Waals surface area (Å²) in [6, 6.07) is 7.78. The molecule has 1 saturated heterocycles. The van der Waals surface area contributed by atoms with E-state index in [0.717, 1.165) is 17.7 Å². The van der Waals surface area contributed by atoms with Crippen LogP contribution < -0.4 is 0 Å². The van der Waals surface area contributed by atoms with Crippen LogP contribution in [0.25, 0.3) is 0 Å². The lowest BCUT2D eigenvalue weighted by atomic mass is 10.1. The minimum atomic E-state index is -0.293. The molecular weight excluding hydrogens is 328 g/mol. The molecule has 6 heteroatoms. The number of hydrogen-bond acceptors (Lipinski definition) is 4. The molecule has 2 amide bonds. The van der Waals surface area contributed by atoms with E-state index in [9.17, 15) is 9.59 Å². The van der Waals surface area contributed by atoms with Crippen molar-refractivity contribution in [2.45, 2.75) is 32.9 Å². The Balaban J connectivity index is 1.58. The third kappa shape index (κ3) is 4.25. The average molecular weight is 352 g/mol. The van der Waals surface area contributed by atoms with Crippen molar-refractivity contribution in [3.63, 3.8) is 0 Å². The zero-order valence-corrected chi connectivity index (χ0v) is 15.3. The predicted octanol–water partition coefficient (Wildman–Crippen LogP) is 2.05. The molecule has 2 aromatic rings. The van der Waals surface area contributed by atoms with Crippen molar-refractivity contribution in [3.05, 3.63) is 59.7 Å². The summed E-state index contributed by atoms with van der Waals surface area (Å²) >= 11 is 0. The molecular formula is C20H24N4O2. The maximum absolute atomic E-state index is 12.7. The molecule has 1 fully saturated rings. The molecule has 3 heterocycles. The van der Waals surface area contributed by atoms with E-state index in [1.54, 1.807) is 29.2 Å². The van der Waals surface area contributed by atoms with Crippen molar-refractivity contribution >= 4 is 11.8 Å². The first-order valence-electron chi connectivity index (χ1n) is 8.92. The lowest BCUT2D eigenvalue weighted by Gasteiger charge is -2.21. The van der Waals surface area contributed by atoms with Crippen LogP contribution in [-0.2, 0) is 29.1 Å². The highest BCUT2D eigenvalue weighted by Gasteiger charge is 2.35. The molecule has 26 heavy (non-hydrogen) atoms. The van der Waals surface area contributed by atoms with Gasteiger partial charge in [0.25, 0.3) is 0 Å². The molecule has 1 aliphatic heterocycles. The molecule has 0 spiro atoms. The maximum atomic E-state index is 12.7. The molecule has 1 aliphatic rings. The van der Waals surface area contributed by atoms with Gasteiger partial charge in [-0.25, -0.2) is 0 Å². The molecule has 0 aliphatic carbocycles. The number of aromatic nitrogens is 2. The van der Waals surface area contributed by atoms with Crippen LogP contribution in [0.5, 0.6) is 0 Å². The Morgan fingerprint density at radius 1 is 1.27 bits per heavy atom. The number of pyridine rings is 2. The van der Waals surface area contributed by atoms with Gasteiger partial charge in [-0.3, -0.25) is 19.6 Å². The van der Waals surface area contributed by atoms with Crippen molar-refractivity contribution in [1.29, 1.82) is 0 Å². The van der Waals surface area contributed by atoms with Gasteiger partial charge in [-0.15, -0.1) is 0 Å². The number of nitrogens with zero attached hydrogens (tertiary/aromatic N) is 4. The smallest absolute Gasteiger partial charge is 0.228 e. The highest BCUT2D eigenvalue weighted by molar-refractivity contribution is 5.89. The molecule has 1 atom stereocenters. The Morgan fingerprint density at radius 3 is 2.77 bits per heavy atom. The number of rotatable bonds is 6. The van der Waals surface area contributed by atoms with Crippen LogP contribution in [0, 0.1) is 5.92 Å². The molecule has 0 bridgehead atoms. The van der Waals surface area contributed by atoms with Crippen LogP contribution in [0.3, 0.4) is 0 Å². The summed E-state index contributed by atoms with van der Waals surface area (Å²) in [6.45, 7) is 3.50. The number of hydrogen-bond donors (Lipinski definition) is 0. The molecule has 0 N–H and O–H groups in total. The van der Waals surface area contributed by atoms with Crippen molar-refractivity contribution in [2.75, 3.05) is 13.6 Å². The number of carbonyl (C=O) groups excluding carboxylic acids is 2. The first-order chi connectivity index (χ1) is 12.6. The lowest BCUT2D eigenvalue weighted by molar-refractivity contribution is -0.135. The Hall–Kier alpha value is -2.76. The Bertz CT molecular complexity index is 761. The van der Waals surface area contributed by atoms with E-state index in [-0.39, 0.29) is 24.2 Å². The van der Waals surface area contributed by atoms with Gasteiger partial charge in [0.15, 0.2) is 0 Å². The third-order valence-corrected chi connectivity index (χ3v) is 4.73. The van der Waals surface area contributed by atoms with E-state index >= 15 is 0 Å². The van der Waals surface area contributed by atoms with Gasteiger partial charge in [-0.05, 0) is 29.7 Å². The van der Waals surface area contributed by atoms with E-state index in [0.29, 0.717) is 19.6 Å². The summed E-state index contributed by atoms with van der Waals surface area (Å²) in [6.07, 6.45) is 6.52. The normalized spacial score (nSPS) is 16.8. The summed E-state index contributed by atoms with van der Waals surface area (Å²) in [5.74, 6) is -0.279. The van der Waals surface area contributed by atoms with E-state index in [1.165, 1.54) is 5.56 Å². The van der Waals surface area contributed by atoms with Gasteiger partial charge < -0.3 is 9.80 Å². The standard InChI is InChI=1S/C20H24N4O2/c1-3-15-6-7-18(22-11-15)14-23(2)20(26)17-9-19(25)24(13-17)12-16-5-4-8-21-10-16/h4-8,10-11,17H,3,9,12-14H2,1-2H3/t17-/m0/s1. The van der Waals surface area contributed by atoms with Gasteiger partial charge in [0.1, 0.15) is 0 Å². The van der Waals surface area contributed by atoms with Crippen molar-refractivity contribution < 1.29 is 9.59 Å². The fourth-order valence-electron chi connectivity index (χ4n) is 3.19. The summed E-state index contributed by atoms with van der Waals surface area (Å²) in [5.41, 5.74) is 3.01. The molecule has 136 valence electrons. The van der Waals surface area contributed by atoms with E-state index in [4.69, 9.17) is 0 Å². The second kappa shape index (κ2) is 8.08. The summed E-state index contributed by atoms with van der Waals surface area (Å²) in [7, 11) is 1.77. The summed E-state index contributed by atoms with van der Waals surface area (Å²) < 4.78 is 0. The Kier molecular flexibility index (Phi) is 5.61. The van der Waals surface area contributed by atoms with Gasteiger partial charge >= 0.3 is 0 Å². The molecule has 3 rings (SSSR count). The molecule has 0 aromatic carbocycles. The molecule has 0 saturated carbocycles. The minimum absolute atomic E-state index is 0.00611. The highest BCUT2D eigenvalue weighted by Crippen LogP contribution is 2.22. The number of carbonyl (C=O) groups is 2. The zero-order chi connectivity index (χ0) is 18.5. The maximum Gasteiger partial charge on any atom is 0.228 e. The number of amides is 2. The number of aryl methyl sites for hydroxylation is 1. The zero-order valence-electron chi connectivity index (χ0n) is 15.3. The van der Waals surface area contributed by atoms with Gasteiger partial charge in [0.2, 0.25) is 11.8 Å².